The molecule has 0 bridgehead atoms. The van der Waals surface area contributed by atoms with E-state index in [4.69, 9.17) is 12.2 Å². The minimum absolute atomic E-state index is 0.243. The Bertz CT molecular complexity index is 549. The lowest BCUT2D eigenvalue weighted by Gasteiger charge is -2.32. The van der Waals surface area contributed by atoms with Gasteiger partial charge < -0.3 is 10.7 Å². The number of para-hydroxylation sites is 1. The molecule has 1 aliphatic rings. The standard InChI is InChI=1S/C17H25N3S/c1-12-9-14(11-17(3,4)10-12)19-20-16(21)18-15-8-6-5-7-13(15)2/h5-8,11-12,19H,9-10H2,1-4H3,(H2,18,20,21)/t12-/m0/s1. The van der Waals surface area contributed by atoms with Crippen LogP contribution in [0, 0.1) is 18.3 Å². The third kappa shape index (κ3) is 4.74. The molecule has 1 aliphatic carbocycles. The first-order valence-corrected chi connectivity index (χ1v) is 7.87. The van der Waals surface area contributed by atoms with Crippen LogP contribution in [0.15, 0.2) is 36.0 Å². The smallest absolute Gasteiger partial charge is 0.189 e. The van der Waals surface area contributed by atoms with Gasteiger partial charge in [0, 0.05) is 11.4 Å². The van der Waals surface area contributed by atoms with Gasteiger partial charge in [0.15, 0.2) is 5.11 Å². The van der Waals surface area contributed by atoms with Crippen LogP contribution >= 0.6 is 12.2 Å². The number of aryl methyl sites for hydroxylation is 1. The second-order valence-electron chi connectivity index (χ2n) is 6.69. The Morgan fingerprint density at radius 3 is 2.67 bits per heavy atom. The number of nitrogens with one attached hydrogen (secondary N) is 3. The van der Waals surface area contributed by atoms with Gasteiger partial charge in [-0.15, -0.1) is 0 Å². The van der Waals surface area contributed by atoms with Crippen molar-refractivity contribution in [1.29, 1.82) is 0 Å². The molecular weight excluding hydrogens is 278 g/mol. The van der Waals surface area contributed by atoms with E-state index in [-0.39, 0.29) is 5.41 Å². The van der Waals surface area contributed by atoms with E-state index in [9.17, 15) is 0 Å². The normalized spacial score (nSPS) is 20.4. The lowest BCUT2D eigenvalue weighted by Crippen LogP contribution is -2.41. The summed E-state index contributed by atoms with van der Waals surface area (Å²) in [6, 6.07) is 8.10. The highest BCUT2D eigenvalue weighted by Crippen LogP contribution is 2.35. The number of allylic oxidation sites excluding steroid dienone is 2. The fourth-order valence-electron chi connectivity index (χ4n) is 3.03. The molecule has 114 valence electrons. The van der Waals surface area contributed by atoms with Crippen molar-refractivity contribution < 1.29 is 0 Å². The van der Waals surface area contributed by atoms with Gasteiger partial charge in [-0.1, -0.05) is 45.0 Å². The molecule has 0 saturated carbocycles. The van der Waals surface area contributed by atoms with Crippen LogP contribution in [0.5, 0.6) is 0 Å². The molecule has 1 atom stereocenters. The van der Waals surface area contributed by atoms with Crippen LogP contribution in [-0.2, 0) is 0 Å². The van der Waals surface area contributed by atoms with Gasteiger partial charge in [0.1, 0.15) is 0 Å². The molecule has 3 nitrogen and oxygen atoms in total. The maximum Gasteiger partial charge on any atom is 0.189 e. The average molecular weight is 303 g/mol. The quantitative estimate of drug-likeness (QED) is 0.580. The van der Waals surface area contributed by atoms with Gasteiger partial charge in [0.2, 0.25) is 0 Å². The van der Waals surface area contributed by atoms with Crippen molar-refractivity contribution in [1.82, 2.24) is 10.9 Å². The molecule has 0 unspecified atom stereocenters. The molecule has 1 aromatic carbocycles. The van der Waals surface area contributed by atoms with Gasteiger partial charge >= 0.3 is 0 Å². The monoisotopic (exact) mass is 303 g/mol. The maximum atomic E-state index is 5.34. The summed E-state index contributed by atoms with van der Waals surface area (Å²) in [5, 5.41) is 3.80. The van der Waals surface area contributed by atoms with E-state index in [1.165, 1.54) is 17.7 Å². The summed E-state index contributed by atoms with van der Waals surface area (Å²) < 4.78 is 0. The van der Waals surface area contributed by atoms with Crippen LogP contribution in [0.1, 0.15) is 39.2 Å². The Balaban J connectivity index is 1.90. The number of anilines is 1. The molecule has 0 heterocycles. The van der Waals surface area contributed by atoms with Crippen molar-refractivity contribution in [3.63, 3.8) is 0 Å². The Hall–Kier alpha value is -1.55. The third-order valence-corrected chi connectivity index (χ3v) is 3.94. The highest BCUT2D eigenvalue weighted by Gasteiger charge is 2.25. The zero-order chi connectivity index (χ0) is 15.5. The van der Waals surface area contributed by atoms with Crippen molar-refractivity contribution >= 4 is 23.0 Å². The maximum absolute atomic E-state index is 5.34. The van der Waals surface area contributed by atoms with Crippen molar-refractivity contribution in [3.8, 4) is 0 Å². The second-order valence-corrected chi connectivity index (χ2v) is 7.10. The van der Waals surface area contributed by atoms with Crippen LogP contribution < -0.4 is 16.2 Å². The summed E-state index contributed by atoms with van der Waals surface area (Å²) in [6.45, 7) is 8.90. The van der Waals surface area contributed by atoms with Gasteiger partial charge in [-0.2, -0.15) is 0 Å². The first-order chi connectivity index (χ1) is 9.85. The molecule has 4 heteroatoms. The molecule has 0 aromatic heterocycles. The molecule has 1 aromatic rings. The van der Waals surface area contributed by atoms with E-state index in [0.717, 1.165) is 12.1 Å². The van der Waals surface area contributed by atoms with Crippen LogP contribution in [0.2, 0.25) is 0 Å². The number of hydrogen-bond acceptors (Lipinski definition) is 2. The molecule has 0 radical (unpaired) electrons. The Kier molecular flexibility index (Phi) is 4.88. The van der Waals surface area contributed by atoms with E-state index in [0.29, 0.717) is 11.0 Å². The van der Waals surface area contributed by atoms with Crippen LogP contribution in [0.3, 0.4) is 0 Å². The topological polar surface area (TPSA) is 36.1 Å². The SMILES string of the molecule is Cc1ccccc1NC(=S)NNC1=CC(C)(C)C[C@@H](C)C1. The fourth-order valence-corrected chi connectivity index (χ4v) is 3.19. The second kappa shape index (κ2) is 6.48. The van der Waals surface area contributed by atoms with Gasteiger partial charge in [-0.05, 0) is 54.9 Å². The minimum Gasteiger partial charge on any atom is -0.331 e. The predicted molar refractivity (Wildman–Crippen MR) is 93.9 cm³/mol. The molecule has 0 fully saturated rings. The first-order valence-electron chi connectivity index (χ1n) is 7.46. The summed E-state index contributed by atoms with van der Waals surface area (Å²) in [7, 11) is 0. The summed E-state index contributed by atoms with van der Waals surface area (Å²) in [5.74, 6) is 0.687. The summed E-state index contributed by atoms with van der Waals surface area (Å²) in [4.78, 5) is 0. The first kappa shape index (κ1) is 15.8. The van der Waals surface area contributed by atoms with Crippen LogP contribution in [-0.4, -0.2) is 5.11 Å². The molecule has 0 saturated heterocycles. The van der Waals surface area contributed by atoms with Gasteiger partial charge in [-0.25, -0.2) is 0 Å². The lowest BCUT2D eigenvalue weighted by atomic mass is 9.76. The predicted octanol–water partition coefficient (Wildman–Crippen LogP) is 4.13. The molecule has 21 heavy (non-hydrogen) atoms. The highest BCUT2D eigenvalue weighted by molar-refractivity contribution is 7.80. The Labute approximate surface area is 133 Å². The minimum atomic E-state index is 0.243. The van der Waals surface area contributed by atoms with E-state index < -0.39 is 0 Å². The number of rotatable bonds is 3. The highest BCUT2D eigenvalue weighted by atomic mass is 32.1. The molecule has 0 aliphatic heterocycles. The summed E-state index contributed by atoms with van der Waals surface area (Å²) in [5.41, 5.74) is 10.0. The number of hydrazine groups is 1. The van der Waals surface area contributed by atoms with E-state index >= 15 is 0 Å². The number of thiocarbonyl (C=S) groups is 1. The van der Waals surface area contributed by atoms with Crippen molar-refractivity contribution in [3.05, 3.63) is 41.6 Å². The zero-order valence-electron chi connectivity index (χ0n) is 13.3. The summed E-state index contributed by atoms with van der Waals surface area (Å²) >= 11 is 5.34. The average Bonchev–Trinajstić information content (AvgIpc) is 2.37. The van der Waals surface area contributed by atoms with Gasteiger partial charge in [-0.3, -0.25) is 5.43 Å². The van der Waals surface area contributed by atoms with Gasteiger partial charge in [0.25, 0.3) is 0 Å². The summed E-state index contributed by atoms with van der Waals surface area (Å²) in [6.07, 6.45) is 4.59. The zero-order valence-corrected chi connectivity index (χ0v) is 14.1. The number of hydrogen-bond donors (Lipinski definition) is 3. The van der Waals surface area contributed by atoms with Gasteiger partial charge in [0.05, 0.1) is 0 Å². The Morgan fingerprint density at radius 2 is 2.00 bits per heavy atom. The van der Waals surface area contributed by atoms with E-state index in [1.54, 1.807) is 0 Å². The molecular formula is C17H25N3S. The van der Waals surface area contributed by atoms with E-state index in [2.05, 4.69) is 56.0 Å². The Morgan fingerprint density at radius 1 is 1.29 bits per heavy atom. The molecule has 0 spiro atoms. The third-order valence-electron chi connectivity index (χ3n) is 3.74. The fraction of sp³-hybridized carbons (Fsp3) is 0.471. The molecule has 0 amide bonds. The van der Waals surface area contributed by atoms with Crippen molar-refractivity contribution in [2.75, 3.05) is 5.32 Å². The van der Waals surface area contributed by atoms with Crippen molar-refractivity contribution in [2.24, 2.45) is 11.3 Å². The number of benzene rings is 1. The molecule has 3 N–H and O–H groups in total. The van der Waals surface area contributed by atoms with Crippen molar-refractivity contribution in [2.45, 2.75) is 40.5 Å². The molecule has 2 rings (SSSR count). The lowest BCUT2D eigenvalue weighted by molar-refractivity contribution is 0.313. The van der Waals surface area contributed by atoms with E-state index in [1.807, 2.05) is 18.2 Å². The van der Waals surface area contributed by atoms with Crippen LogP contribution in [0.25, 0.3) is 0 Å². The van der Waals surface area contributed by atoms with Crippen LogP contribution in [0.4, 0.5) is 5.69 Å². The largest absolute Gasteiger partial charge is 0.331 e.